The monoisotopic (exact) mass is 218 g/mol. The van der Waals surface area contributed by atoms with Crippen molar-refractivity contribution in [2.45, 2.75) is 39.7 Å². The molecule has 1 aliphatic carbocycles. The molecule has 0 saturated heterocycles. The fraction of sp³-hybridized carbons (Fsp3) is 0.600. The second-order valence-electron chi connectivity index (χ2n) is 5.98. The lowest BCUT2D eigenvalue weighted by Gasteiger charge is -2.58. The number of hydrogen-bond donors (Lipinski definition) is 1. The Balaban J connectivity index is 2.32. The molecule has 2 rings (SSSR count). The van der Waals surface area contributed by atoms with Gasteiger partial charge in [-0.05, 0) is 28.7 Å². The minimum absolute atomic E-state index is 0.0102. The second kappa shape index (κ2) is 3.89. The van der Waals surface area contributed by atoms with E-state index in [1.807, 2.05) is 0 Å². The zero-order valence-corrected chi connectivity index (χ0v) is 10.6. The molecule has 16 heavy (non-hydrogen) atoms. The largest absolute Gasteiger partial charge is 0.392 e. The standard InChI is InChI=1S/C15H22O/c1-10(2)12-13(15(3,4)14(12)16)11-8-6-5-7-9-11/h5-10,12-14,16H,1-4H3. The van der Waals surface area contributed by atoms with Crippen molar-refractivity contribution in [3.05, 3.63) is 35.9 Å². The van der Waals surface area contributed by atoms with Gasteiger partial charge in [0.15, 0.2) is 0 Å². The number of benzene rings is 1. The summed E-state index contributed by atoms with van der Waals surface area (Å²) < 4.78 is 0. The summed E-state index contributed by atoms with van der Waals surface area (Å²) in [5.74, 6) is 1.43. The molecular formula is C15H22O. The second-order valence-corrected chi connectivity index (χ2v) is 5.98. The van der Waals surface area contributed by atoms with Gasteiger partial charge in [0.2, 0.25) is 0 Å². The molecule has 0 heterocycles. The van der Waals surface area contributed by atoms with Gasteiger partial charge in [0.05, 0.1) is 6.10 Å². The SMILES string of the molecule is CC(C)C1C(O)C(C)(C)C1c1ccccc1. The maximum Gasteiger partial charge on any atom is 0.0633 e. The van der Waals surface area contributed by atoms with Crippen molar-refractivity contribution in [3.8, 4) is 0 Å². The van der Waals surface area contributed by atoms with E-state index >= 15 is 0 Å². The molecule has 0 aromatic heterocycles. The molecule has 1 aliphatic rings. The van der Waals surface area contributed by atoms with E-state index in [1.54, 1.807) is 0 Å². The molecule has 3 unspecified atom stereocenters. The van der Waals surface area contributed by atoms with Crippen molar-refractivity contribution in [1.82, 2.24) is 0 Å². The molecule has 0 amide bonds. The number of hydrogen-bond acceptors (Lipinski definition) is 1. The molecule has 1 saturated carbocycles. The van der Waals surface area contributed by atoms with E-state index in [0.29, 0.717) is 17.8 Å². The van der Waals surface area contributed by atoms with Crippen molar-refractivity contribution in [3.63, 3.8) is 0 Å². The van der Waals surface area contributed by atoms with E-state index in [2.05, 4.69) is 58.0 Å². The van der Waals surface area contributed by atoms with Gasteiger partial charge in [-0.3, -0.25) is 0 Å². The summed E-state index contributed by atoms with van der Waals surface area (Å²) in [6, 6.07) is 10.6. The van der Waals surface area contributed by atoms with Crippen molar-refractivity contribution in [2.24, 2.45) is 17.3 Å². The van der Waals surface area contributed by atoms with E-state index in [4.69, 9.17) is 0 Å². The van der Waals surface area contributed by atoms with Crippen LogP contribution >= 0.6 is 0 Å². The highest BCUT2D eigenvalue weighted by molar-refractivity contribution is 5.28. The molecule has 88 valence electrons. The lowest BCUT2D eigenvalue weighted by atomic mass is 9.48. The van der Waals surface area contributed by atoms with Crippen LogP contribution in [0.2, 0.25) is 0 Å². The molecule has 1 fully saturated rings. The summed E-state index contributed by atoms with van der Waals surface area (Å²) in [5, 5.41) is 10.2. The van der Waals surface area contributed by atoms with Crippen molar-refractivity contribution in [2.75, 3.05) is 0 Å². The molecule has 1 aromatic carbocycles. The van der Waals surface area contributed by atoms with Gasteiger partial charge in [-0.2, -0.15) is 0 Å². The van der Waals surface area contributed by atoms with Crippen LogP contribution in [-0.2, 0) is 0 Å². The van der Waals surface area contributed by atoms with Gasteiger partial charge in [-0.25, -0.2) is 0 Å². The van der Waals surface area contributed by atoms with E-state index in [1.165, 1.54) is 5.56 Å². The minimum Gasteiger partial charge on any atom is -0.392 e. The zero-order chi connectivity index (χ0) is 11.9. The molecule has 1 N–H and O–H groups in total. The Kier molecular flexibility index (Phi) is 2.83. The zero-order valence-electron chi connectivity index (χ0n) is 10.6. The highest BCUT2D eigenvalue weighted by Crippen LogP contribution is 2.58. The predicted molar refractivity (Wildman–Crippen MR) is 67.3 cm³/mol. The van der Waals surface area contributed by atoms with Crippen LogP contribution in [0.3, 0.4) is 0 Å². The van der Waals surface area contributed by atoms with Crippen LogP contribution in [0.15, 0.2) is 30.3 Å². The first kappa shape index (κ1) is 11.7. The first-order chi connectivity index (χ1) is 7.46. The normalized spacial score (nSPS) is 32.5. The van der Waals surface area contributed by atoms with Crippen LogP contribution < -0.4 is 0 Å². The van der Waals surface area contributed by atoms with E-state index in [-0.39, 0.29) is 11.5 Å². The summed E-state index contributed by atoms with van der Waals surface area (Å²) in [7, 11) is 0. The molecule has 0 radical (unpaired) electrons. The van der Waals surface area contributed by atoms with Crippen molar-refractivity contribution >= 4 is 0 Å². The highest BCUT2D eigenvalue weighted by Gasteiger charge is 2.56. The summed E-state index contributed by atoms with van der Waals surface area (Å²) >= 11 is 0. The fourth-order valence-corrected chi connectivity index (χ4v) is 3.30. The Morgan fingerprint density at radius 1 is 1.12 bits per heavy atom. The van der Waals surface area contributed by atoms with E-state index < -0.39 is 0 Å². The Hall–Kier alpha value is -0.820. The van der Waals surface area contributed by atoms with Gasteiger partial charge in [0.1, 0.15) is 0 Å². The van der Waals surface area contributed by atoms with Crippen LogP contribution in [0.25, 0.3) is 0 Å². The third-order valence-corrected chi connectivity index (χ3v) is 4.24. The lowest BCUT2D eigenvalue weighted by molar-refractivity contribution is -0.141. The highest BCUT2D eigenvalue weighted by atomic mass is 16.3. The van der Waals surface area contributed by atoms with Gasteiger partial charge in [0.25, 0.3) is 0 Å². The molecule has 3 atom stereocenters. The van der Waals surface area contributed by atoms with Gasteiger partial charge >= 0.3 is 0 Å². The Morgan fingerprint density at radius 3 is 2.19 bits per heavy atom. The fourth-order valence-electron chi connectivity index (χ4n) is 3.30. The lowest BCUT2D eigenvalue weighted by Crippen LogP contribution is -2.57. The third kappa shape index (κ3) is 1.58. The van der Waals surface area contributed by atoms with Crippen LogP contribution in [-0.4, -0.2) is 11.2 Å². The van der Waals surface area contributed by atoms with Gasteiger partial charge < -0.3 is 5.11 Å². The first-order valence-corrected chi connectivity index (χ1v) is 6.19. The molecular weight excluding hydrogens is 196 g/mol. The predicted octanol–water partition coefficient (Wildman–Crippen LogP) is 3.44. The van der Waals surface area contributed by atoms with Crippen molar-refractivity contribution in [1.29, 1.82) is 0 Å². The van der Waals surface area contributed by atoms with Crippen LogP contribution in [0.5, 0.6) is 0 Å². The van der Waals surface area contributed by atoms with Crippen LogP contribution in [0.1, 0.15) is 39.2 Å². The maximum atomic E-state index is 10.2. The van der Waals surface area contributed by atoms with Gasteiger partial charge in [-0.15, -0.1) is 0 Å². The van der Waals surface area contributed by atoms with E-state index in [9.17, 15) is 5.11 Å². The average Bonchev–Trinajstić information content (AvgIpc) is 2.25. The molecule has 0 aliphatic heterocycles. The average molecular weight is 218 g/mol. The number of aliphatic hydroxyl groups is 1. The molecule has 0 spiro atoms. The summed E-state index contributed by atoms with van der Waals surface area (Å²) in [6.07, 6.45) is -0.169. The summed E-state index contributed by atoms with van der Waals surface area (Å²) in [5.41, 5.74) is 1.38. The summed E-state index contributed by atoms with van der Waals surface area (Å²) in [6.45, 7) is 8.76. The summed E-state index contributed by atoms with van der Waals surface area (Å²) in [4.78, 5) is 0. The molecule has 0 bridgehead atoms. The molecule has 1 aromatic rings. The minimum atomic E-state index is -0.169. The van der Waals surface area contributed by atoms with Crippen molar-refractivity contribution < 1.29 is 5.11 Å². The quantitative estimate of drug-likeness (QED) is 0.806. The Morgan fingerprint density at radius 2 is 1.69 bits per heavy atom. The van der Waals surface area contributed by atoms with Gasteiger partial charge in [0, 0.05) is 0 Å². The number of aliphatic hydroxyl groups excluding tert-OH is 1. The molecule has 1 nitrogen and oxygen atoms in total. The smallest absolute Gasteiger partial charge is 0.0633 e. The number of rotatable bonds is 2. The third-order valence-electron chi connectivity index (χ3n) is 4.24. The van der Waals surface area contributed by atoms with E-state index in [0.717, 1.165) is 0 Å². The Labute approximate surface area is 98.5 Å². The maximum absolute atomic E-state index is 10.2. The van der Waals surface area contributed by atoms with Crippen LogP contribution in [0, 0.1) is 17.3 Å². The topological polar surface area (TPSA) is 20.2 Å². The molecule has 1 heteroatoms. The van der Waals surface area contributed by atoms with Gasteiger partial charge in [-0.1, -0.05) is 58.0 Å². The van der Waals surface area contributed by atoms with Crippen LogP contribution in [0.4, 0.5) is 0 Å². The first-order valence-electron chi connectivity index (χ1n) is 6.19. The Bertz CT molecular complexity index is 353.